The summed E-state index contributed by atoms with van der Waals surface area (Å²) in [6.07, 6.45) is 6.98. The van der Waals surface area contributed by atoms with Gasteiger partial charge >= 0.3 is 0 Å². The first-order valence-corrected chi connectivity index (χ1v) is 6.41. The fourth-order valence-corrected chi connectivity index (χ4v) is 1.91. The summed E-state index contributed by atoms with van der Waals surface area (Å²) in [5.74, 6) is 0.841. The van der Waals surface area contributed by atoms with Gasteiger partial charge in [-0.2, -0.15) is 0 Å². The van der Waals surface area contributed by atoms with Crippen molar-refractivity contribution in [1.82, 2.24) is 15.0 Å². The zero-order chi connectivity index (χ0) is 13.6. The summed E-state index contributed by atoms with van der Waals surface area (Å²) in [4.78, 5) is 12.4. The Morgan fingerprint density at radius 2 is 1.60 bits per heavy atom. The summed E-state index contributed by atoms with van der Waals surface area (Å²) < 4.78 is 0. The van der Waals surface area contributed by atoms with Crippen molar-refractivity contribution in [2.75, 3.05) is 5.32 Å². The molecule has 0 aliphatic carbocycles. The average Bonchev–Trinajstić information content (AvgIpc) is 2.55. The van der Waals surface area contributed by atoms with Gasteiger partial charge in [-0.3, -0.25) is 0 Å². The molecule has 4 heteroatoms. The van der Waals surface area contributed by atoms with Crippen LogP contribution < -0.4 is 5.32 Å². The van der Waals surface area contributed by atoms with E-state index in [4.69, 9.17) is 0 Å². The fraction of sp³-hybridized carbons (Fsp3) is 0.0625. The van der Waals surface area contributed by atoms with E-state index in [1.807, 2.05) is 30.5 Å². The number of hydrogen-bond donors (Lipinski definition) is 1. The van der Waals surface area contributed by atoms with Gasteiger partial charge < -0.3 is 5.32 Å². The monoisotopic (exact) mass is 262 g/mol. The quantitative estimate of drug-likeness (QED) is 0.784. The molecule has 4 nitrogen and oxygen atoms in total. The summed E-state index contributed by atoms with van der Waals surface area (Å²) in [7, 11) is 0. The van der Waals surface area contributed by atoms with Crippen LogP contribution >= 0.6 is 0 Å². The number of anilines is 1. The Morgan fingerprint density at radius 1 is 0.800 bits per heavy atom. The molecule has 0 aliphatic heterocycles. The minimum absolute atomic E-state index is 0.665. The highest BCUT2D eigenvalue weighted by atomic mass is 15.0. The van der Waals surface area contributed by atoms with Crippen LogP contribution in [0.4, 0.5) is 5.82 Å². The second-order valence-corrected chi connectivity index (χ2v) is 4.40. The maximum Gasteiger partial charge on any atom is 0.126 e. The van der Waals surface area contributed by atoms with Gasteiger partial charge in [0, 0.05) is 36.3 Å². The minimum Gasteiger partial charge on any atom is -0.366 e. The van der Waals surface area contributed by atoms with E-state index in [0.717, 1.165) is 16.9 Å². The maximum atomic E-state index is 4.42. The maximum absolute atomic E-state index is 4.42. The second-order valence-electron chi connectivity index (χ2n) is 4.40. The molecular weight excluding hydrogens is 248 g/mol. The molecule has 0 aliphatic rings. The van der Waals surface area contributed by atoms with E-state index in [9.17, 15) is 0 Å². The van der Waals surface area contributed by atoms with Gasteiger partial charge in [-0.15, -0.1) is 0 Å². The molecule has 0 atom stereocenters. The van der Waals surface area contributed by atoms with E-state index in [1.54, 1.807) is 12.4 Å². The SMILES string of the molecule is c1ccc(-c2ccc(NCc3cncnc3)nc2)cc1. The molecule has 3 aromatic rings. The lowest BCUT2D eigenvalue weighted by molar-refractivity contribution is 1.04. The minimum atomic E-state index is 0.665. The average molecular weight is 262 g/mol. The van der Waals surface area contributed by atoms with Crippen LogP contribution in [0.3, 0.4) is 0 Å². The second kappa shape index (κ2) is 5.93. The summed E-state index contributed by atoms with van der Waals surface area (Å²) in [5, 5.41) is 3.25. The first-order chi connectivity index (χ1) is 9.92. The largest absolute Gasteiger partial charge is 0.366 e. The van der Waals surface area contributed by atoms with Gasteiger partial charge in [0.05, 0.1) is 0 Å². The molecule has 0 saturated heterocycles. The molecule has 20 heavy (non-hydrogen) atoms. The molecule has 0 unspecified atom stereocenters. The molecule has 3 rings (SSSR count). The summed E-state index contributed by atoms with van der Waals surface area (Å²) in [5.41, 5.74) is 3.31. The molecular formula is C16H14N4. The lowest BCUT2D eigenvalue weighted by Gasteiger charge is -2.06. The van der Waals surface area contributed by atoms with Crippen molar-refractivity contribution in [3.05, 3.63) is 72.9 Å². The smallest absolute Gasteiger partial charge is 0.126 e. The summed E-state index contributed by atoms with van der Waals surface area (Å²) in [6.45, 7) is 0.665. The Kier molecular flexibility index (Phi) is 3.64. The van der Waals surface area contributed by atoms with Crippen molar-refractivity contribution in [3.8, 4) is 11.1 Å². The fourth-order valence-electron chi connectivity index (χ4n) is 1.91. The molecule has 2 heterocycles. The van der Waals surface area contributed by atoms with Crippen LogP contribution in [-0.2, 0) is 6.54 Å². The normalized spacial score (nSPS) is 10.2. The van der Waals surface area contributed by atoms with E-state index in [2.05, 4.69) is 38.5 Å². The van der Waals surface area contributed by atoms with Crippen molar-refractivity contribution >= 4 is 5.82 Å². The molecule has 98 valence electrons. The molecule has 0 amide bonds. The van der Waals surface area contributed by atoms with Gasteiger partial charge in [0.15, 0.2) is 0 Å². The number of benzene rings is 1. The standard InChI is InChI=1S/C16H14N4/c1-2-4-14(5-3-1)15-6-7-16(20-11-15)19-10-13-8-17-12-18-9-13/h1-9,11-12H,10H2,(H,19,20). The molecule has 1 aromatic carbocycles. The topological polar surface area (TPSA) is 50.7 Å². The van der Waals surface area contributed by atoms with Crippen molar-refractivity contribution in [1.29, 1.82) is 0 Å². The van der Waals surface area contributed by atoms with Crippen molar-refractivity contribution in [2.45, 2.75) is 6.54 Å². The van der Waals surface area contributed by atoms with Gasteiger partial charge in [0.1, 0.15) is 12.1 Å². The van der Waals surface area contributed by atoms with Crippen molar-refractivity contribution in [2.24, 2.45) is 0 Å². The molecule has 0 bridgehead atoms. The van der Waals surface area contributed by atoms with E-state index in [0.29, 0.717) is 6.54 Å². The van der Waals surface area contributed by atoms with Gasteiger partial charge in [0.25, 0.3) is 0 Å². The Balaban J connectivity index is 1.68. The van der Waals surface area contributed by atoms with Crippen LogP contribution in [-0.4, -0.2) is 15.0 Å². The molecule has 2 aromatic heterocycles. The number of nitrogens with zero attached hydrogens (tertiary/aromatic N) is 3. The van der Waals surface area contributed by atoms with Gasteiger partial charge in [-0.05, 0) is 17.7 Å². The van der Waals surface area contributed by atoms with Crippen molar-refractivity contribution in [3.63, 3.8) is 0 Å². The Labute approximate surface area is 117 Å². The molecule has 0 radical (unpaired) electrons. The third-order valence-electron chi connectivity index (χ3n) is 2.96. The first kappa shape index (κ1) is 12.3. The van der Waals surface area contributed by atoms with E-state index in [1.165, 1.54) is 11.9 Å². The predicted octanol–water partition coefficient (Wildman–Crippen LogP) is 3.15. The first-order valence-electron chi connectivity index (χ1n) is 6.41. The van der Waals surface area contributed by atoms with Crippen molar-refractivity contribution < 1.29 is 0 Å². The third-order valence-corrected chi connectivity index (χ3v) is 2.96. The zero-order valence-corrected chi connectivity index (χ0v) is 10.9. The van der Waals surface area contributed by atoms with E-state index < -0.39 is 0 Å². The number of aromatic nitrogens is 3. The Bertz CT molecular complexity index is 651. The Morgan fingerprint density at radius 3 is 2.30 bits per heavy atom. The van der Waals surface area contributed by atoms with E-state index >= 15 is 0 Å². The highest BCUT2D eigenvalue weighted by Gasteiger charge is 1.99. The highest BCUT2D eigenvalue weighted by Crippen LogP contribution is 2.19. The Hall–Kier alpha value is -2.75. The van der Waals surface area contributed by atoms with Crippen LogP contribution in [0.15, 0.2) is 67.4 Å². The number of hydrogen-bond acceptors (Lipinski definition) is 4. The van der Waals surface area contributed by atoms with Gasteiger partial charge in [-0.25, -0.2) is 15.0 Å². The highest BCUT2D eigenvalue weighted by molar-refractivity contribution is 5.63. The molecule has 0 fully saturated rings. The van der Waals surface area contributed by atoms with Crippen LogP contribution in [0.5, 0.6) is 0 Å². The third kappa shape index (κ3) is 2.98. The molecule has 0 spiro atoms. The summed E-state index contributed by atoms with van der Waals surface area (Å²) in [6, 6.07) is 14.2. The van der Waals surface area contributed by atoms with Crippen LogP contribution in [0.1, 0.15) is 5.56 Å². The lowest BCUT2D eigenvalue weighted by atomic mass is 10.1. The predicted molar refractivity (Wildman–Crippen MR) is 79.0 cm³/mol. The molecule has 0 saturated carbocycles. The number of nitrogens with one attached hydrogen (secondary N) is 1. The lowest BCUT2D eigenvalue weighted by Crippen LogP contribution is -2.01. The summed E-state index contributed by atoms with van der Waals surface area (Å²) >= 11 is 0. The number of rotatable bonds is 4. The molecule has 1 N–H and O–H groups in total. The van der Waals surface area contributed by atoms with Gasteiger partial charge in [-0.1, -0.05) is 30.3 Å². The van der Waals surface area contributed by atoms with Crippen LogP contribution in [0.2, 0.25) is 0 Å². The van der Waals surface area contributed by atoms with Crippen LogP contribution in [0.25, 0.3) is 11.1 Å². The van der Waals surface area contributed by atoms with Crippen LogP contribution in [0, 0.1) is 0 Å². The number of pyridine rings is 1. The zero-order valence-electron chi connectivity index (χ0n) is 10.9. The van der Waals surface area contributed by atoms with Gasteiger partial charge in [0.2, 0.25) is 0 Å². The van der Waals surface area contributed by atoms with E-state index in [-0.39, 0.29) is 0 Å².